The van der Waals surface area contributed by atoms with Crippen LogP contribution in [-0.2, 0) is 0 Å². The number of allylic oxidation sites excluding steroid dienone is 2. The molecule has 0 bridgehead atoms. The summed E-state index contributed by atoms with van der Waals surface area (Å²) in [5, 5.41) is 20.2. The molecule has 0 saturated heterocycles. The fourth-order valence-electron chi connectivity index (χ4n) is 3.40. The van der Waals surface area contributed by atoms with Gasteiger partial charge in [0.25, 0.3) is 0 Å². The van der Waals surface area contributed by atoms with Crippen LogP contribution in [0.25, 0.3) is 0 Å². The second kappa shape index (κ2) is 7.47. The molecule has 4 nitrogen and oxygen atoms in total. The third-order valence-corrected chi connectivity index (χ3v) is 5.75. The van der Waals surface area contributed by atoms with Gasteiger partial charge in [-0.2, -0.15) is 5.26 Å². The van der Waals surface area contributed by atoms with Crippen LogP contribution in [0.5, 0.6) is 0 Å². The summed E-state index contributed by atoms with van der Waals surface area (Å²) in [5.74, 6) is 0.158. The summed E-state index contributed by atoms with van der Waals surface area (Å²) in [4.78, 5) is 10.6. The van der Waals surface area contributed by atoms with Gasteiger partial charge in [0.1, 0.15) is 0 Å². The Labute approximate surface area is 135 Å². The predicted molar refractivity (Wildman–Crippen MR) is 83.1 cm³/mol. The maximum Gasteiger partial charge on any atom is 0.213 e. The highest BCUT2D eigenvalue weighted by atomic mass is 35.5. The quantitative estimate of drug-likeness (QED) is 0.335. The van der Waals surface area contributed by atoms with E-state index in [1.165, 1.54) is 0 Å². The third kappa shape index (κ3) is 4.11. The van der Waals surface area contributed by atoms with Gasteiger partial charge in [0.2, 0.25) is 6.04 Å². The van der Waals surface area contributed by atoms with E-state index in [4.69, 9.17) is 23.2 Å². The minimum absolute atomic E-state index is 0.0142. The zero-order valence-corrected chi connectivity index (χ0v) is 13.4. The van der Waals surface area contributed by atoms with Gasteiger partial charge < -0.3 is 0 Å². The van der Waals surface area contributed by atoms with Crippen LogP contribution in [0.4, 0.5) is 0 Å². The van der Waals surface area contributed by atoms with Crippen LogP contribution in [0.15, 0.2) is 11.6 Å². The second-order valence-corrected chi connectivity index (χ2v) is 7.19. The van der Waals surface area contributed by atoms with Crippen molar-refractivity contribution in [2.24, 2.45) is 11.8 Å². The van der Waals surface area contributed by atoms with Gasteiger partial charge in [0.05, 0.1) is 6.07 Å². The molecule has 0 aromatic rings. The molecule has 0 N–H and O–H groups in total. The molecule has 0 unspecified atom stereocenters. The van der Waals surface area contributed by atoms with Crippen molar-refractivity contribution in [3.63, 3.8) is 0 Å². The van der Waals surface area contributed by atoms with Crippen LogP contribution in [0.2, 0.25) is 0 Å². The normalized spacial score (nSPS) is 35.2. The van der Waals surface area contributed by atoms with Crippen LogP contribution in [0, 0.1) is 33.3 Å². The summed E-state index contributed by atoms with van der Waals surface area (Å²) in [6, 6.07) is 1.83. The molecule has 2 rings (SSSR count). The van der Waals surface area contributed by atoms with Crippen LogP contribution < -0.4 is 0 Å². The average Bonchev–Trinajstić information content (AvgIpc) is 2.47. The van der Waals surface area contributed by atoms with E-state index >= 15 is 0 Å². The highest BCUT2D eigenvalue weighted by Gasteiger charge is 2.33. The lowest BCUT2D eigenvalue weighted by atomic mass is 9.79. The molecule has 116 valence electrons. The van der Waals surface area contributed by atoms with Gasteiger partial charge in [-0.05, 0) is 31.6 Å². The van der Waals surface area contributed by atoms with Gasteiger partial charge in [0, 0.05) is 40.0 Å². The van der Waals surface area contributed by atoms with Crippen LogP contribution in [-0.4, -0.2) is 21.7 Å². The fourth-order valence-corrected chi connectivity index (χ4v) is 4.28. The highest BCUT2D eigenvalue weighted by Crippen LogP contribution is 2.37. The first kappa shape index (κ1) is 16.6. The molecular formula is C15H20Cl2N2O2. The molecule has 2 aliphatic rings. The van der Waals surface area contributed by atoms with E-state index in [0.717, 1.165) is 24.8 Å². The standard InChI is InChI=1S/C15H20Cl2N2O2/c16-14-2-1-3-15(17)13(14)8-11(9-18)10-4-6-12(7-5-10)19(20)21/h8,10,12-15H,1-7H2/b11-8+/t10?,12?,14-,15-/m1/s1. The van der Waals surface area contributed by atoms with Gasteiger partial charge in [-0.15, -0.1) is 23.2 Å². The summed E-state index contributed by atoms with van der Waals surface area (Å²) in [7, 11) is 0. The summed E-state index contributed by atoms with van der Waals surface area (Å²) in [6.07, 6.45) is 7.35. The number of nitro groups is 1. The number of hydrogen-bond donors (Lipinski definition) is 0. The monoisotopic (exact) mass is 330 g/mol. The number of rotatable bonds is 3. The molecule has 0 aromatic heterocycles. The number of halogens is 2. The van der Waals surface area contributed by atoms with Crippen molar-refractivity contribution in [3.8, 4) is 6.07 Å². The predicted octanol–water partition coefficient (Wildman–Crippen LogP) is 4.29. The van der Waals surface area contributed by atoms with Crippen LogP contribution in [0.3, 0.4) is 0 Å². The van der Waals surface area contributed by atoms with E-state index in [9.17, 15) is 15.4 Å². The Bertz CT molecular complexity index is 443. The van der Waals surface area contributed by atoms with Gasteiger partial charge in [0.15, 0.2) is 0 Å². The Balaban J connectivity index is 2.04. The Morgan fingerprint density at radius 1 is 1.14 bits per heavy atom. The molecule has 2 atom stereocenters. The first-order valence-corrected chi connectivity index (χ1v) is 8.43. The van der Waals surface area contributed by atoms with Gasteiger partial charge >= 0.3 is 0 Å². The lowest BCUT2D eigenvalue weighted by Gasteiger charge is -2.31. The average molecular weight is 331 g/mol. The summed E-state index contributed by atoms with van der Waals surface area (Å²) >= 11 is 12.7. The van der Waals surface area contributed by atoms with Crippen molar-refractivity contribution in [2.45, 2.75) is 61.7 Å². The summed E-state index contributed by atoms with van der Waals surface area (Å²) in [5.41, 5.74) is 0.722. The molecule has 21 heavy (non-hydrogen) atoms. The number of nitriles is 1. The SMILES string of the molecule is N#C/C(=C\C1[C@H](Cl)CCC[C@H]1Cl)C1CCC([N+](=O)[O-])CC1. The molecule has 0 aromatic carbocycles. The largest absolute Gasteiger partial charge is 0.264 e. The molecule has 0 heterocycles. The Hall–Kier alpha value is -0.790. The van der Waals surface area contributed by atoms with E-state index in [1.807, 2.05) is 6.08 Å². The Morgan fingerprint density at radius 3 is 2.19 bits per heavy atom. The minimum atomic E-state index is -0.447. The number of hydrogen-bond acceptors (Lipinski definition) is 3. The van der Waals surface area contributed by atoms with Gasteiger partial charge in [-0.25, -0.2) is 0 Å². The molecular weight excluding hydrogens is 311 g/mol. The smallest absolute Gasteiger partial charge is 0.213 e. The van der Waals surface area contributed by atoms with Crippen molar-refractivity contribution in [1.82, 2.24) is 0 Å². The lowest BCUT2D eigenvalue weighted by molar-refractivity contribution is -0.526. The third-order valence-electron chi connectivity index (χ3n) is 4.73. The summed E-state index contributed by atoms with van der Waals surface area (Å²) < 4.78 is 0. The molecule has 0 amide bonds. The first-order chi connectivity index (χ1) is 10.0. The van der Waals surface area contributed by atoms with E-state index in [2.05, 4.69) is 6.07 Å². The number of alkyl halides is 2. The second-order valence-electron chi connectivity index (χ2n) is 6.06. The Kier molecular flexibility index (Phi) is 5.89. The molecule has 2 fully saturated rings. The highest BCUT2D eigenvalue weighted by molar-refractivity contribution is 6.24. The van der Waals surface area contributed by atoms with Gasteiger partial charge in [-0.3, -0.25) is 10.1 Å². The Morgan fingerprint density at radius 2 is 1.71 bits per heavy atom. The van der Waals surface area contributed by atoms with Crippen molar-refractivity contribution in [3.05, 3.63) is 21.8 Å². The van der Waals surface area contributed by atoms with E-state index < -0.39 is 6.04 Å². The molecule has 2 aliphatic carbocycles. The van der Waals surface area contributed by atoms with Crippen molar-refractivity contribution >= 4 is 23.2 Å². The molecule has 2 saturated carbocycles. The molecule has 0 spiro atoms. The molecule has 0 aliphatic heterocycles. The molecule has 0 radical (unpaired) electrons. The van der Waals surface area contributed by atoms with E-state index in [1.54, 1.807) is 0 Å². The zero-order chi connectivity index (χ0) is 15.4. The number of nitrogens with zero attached hydrogens (tertiary/aromatic N) is 2. The minimum Gasteiger partial charge on any atom is -0.264 e. The van der Waals surface area contributed by atoms with Crippen LogP contribution >= 0.6 is 23.2 Å². The van der Waals surface area contributed by atoms with Crippen molar-refractivity contribution < 1.29 is 4.92 Å². The zero-order valence-electron chi connectivity index (χ0n) is 11.9. The van der Waals surface area contributed by atoms with E-state index in [-0.39, 0.29) is 27.5 Å². The summed E-state index contributed by atoms with van der Waals surface area (Å²) in [6.45, 7) is 0. The maximum absolute atomic E-state index is 10.8. The van der Waals surface area contributed by atoms with Crippen molar-refractivity contribution in [2.75, 3.05) is 0 Å². The topological polar surface area (TPSA) is 66.9 Å². The van der Waals surface area contributed by atoms with Crippen molar-refractivity contribution in [1.29, 1.82) is 5.26 Å². The van der Waals surface area contributed by atoms with Crippen LogP contribution in [0.1, 0.15) is 44.9 Å². The van der Waals surface area contributed by atoms with E-state index in [0.29, 0.717) is 25.7 Å². The maximum atomic E-state index is 10.8. The first-order valence-electron chi connectivity index (χ1n) is 7.56. The van der Waals surface area contributed by atoms with Gasteiger partial charge in [-0.1, -0.05) is 12.5 Å². The fraction of sp³-hybridized carbons (Fsp3) is 0.800. The lowest BCUT2D eigenvalue weighted by Crippen LogP contribution is -2.30. The molecule has 6 heteroatoms.